The van der Waals surface area contributed by atoms with Crippen molar-refractivity contribution in [1.29, 1.82) is 5.26 Å². The molecule has 1 atom stereocenters. The minimum atomic E-state index is -0.660. The van der Waals surface area contributed by atoms with Crippen LogP contribution in [0.5, 0.6) is 0 Å². The molecule has 0 saturated carbocycles. The maximum atomic E-state index is 13.0. The zero-order valence-electron chi connectivity index (χ0n) is 9.23. The van der Waals surface area contributed by atoms with Crippen molar-refractivity contribution < 1.29 is 8.81 Å². The van der Waals surface area contributed by atoms with Crippen LogP contribution >= 0.6 is 11.6 Å². The molecular weight excluding hydrogens is 255 g/mol. The lowest BCUT2D eigenvalue weighted by Gasteiger charge is -2.07. The van der Waals surface area contributed by atoms with Crippen molar-refractivity contribution >= 4 is 17.3 Å². The fourth-order valence-corrected chi connectivity index (χ4v) is 1.62. The zero-order valence-corrected chi connectivity index (χ0v) is 9.99. The smallest absolute Gasteiger partial charge is 0.359 e. The van der Waals surface area contributed by atoms with Crippen molar-refractivity contribution in [1.82, 2.24) is 0 Å². The molecule has 0 aliphatic rings. The molecule has 0 fully saturated rings. The molecule has 1 unspecified atom stereocenters. The summed E-state index contributed by atoms with van der Waals surface area (Å²) < 4.78 is 18.2. The molecule has 3 nitrogen and oxygen atoms in total. The van der Waals surface area contributed by atoms with Gasteiger partial charge in [0.1, 0.15) is 11.9 Å². The van der Waals surface area contributed by atoms with Crippen molar-refractivity contribution in [3.8, 4) is 6.07 Å². The van der Waals surface area contributed by atoms with Crippen LogP contribution in [-0.2, 0) is 0 Å². The van der Waals surface area contributed by atoms with Crippen LogP contribution in [0.2, 0.25) is 5.02 Å². The maximum absolute atomic E-state index is 13.0. The molecule has 2 rings (SSSR count). The number of hydrogen-bond donors (Lipinski definition) is 1. The maximum Gasteiger partial charge on any atom is 0.365 e. The van der Waals surface area contributed by atoms with E-state index in [9.17, 15) is 4.39 Å². The Hall–Kier alpha value is -2.12. The van der Waals surface area contributed by atoms with Gasteiger partial charge in [0.2, 0.25) is 6.04 Å². The van der Waals surface area contributed by atoms with Crippen LogP contribution in [0, 0.1) is 17.1 Å². The Kier molecular flexibility index (Phi) is 3.75. The fraction of sp³-hybridized carbons (Fsp3) is 0.0769. The molecule has 0 aliphatic heterocycles. The van der Waals surface area contributed by atoms with E-state index in [0.29, 0.717) is 11.4 Å². The van der Waals surface area contributed by atoms with Gasteiger partial charge in [-0.3, -0.25) is 0 Å². The number of halogens is 2. The van der Waals surface area contributed by atoms with Crippen LogP contribution in [0.15, 0.2) is 47.1 Å². The van der Waals surface area contributed by atoms with Crippen molar-refractivity contribution in [3.05, 3.63) is 59.3 Å². The predicted molar refractivity (Wildman–Crippen MR) is 66.5 cm³/mol. The average Bonchev–Trinajstić information content (AvgIpc) is 2.41. The highest BCUT2D eigenvalue weighted by Gasteiger charge is 2.21. The zero-order chi connectivity index (χ0) is 13.0. The molecule has 0 aliphatic carbocycles. The minimum absolute atomic E-state index is 0.00157. The van der Waals surface area contributed by atoms with Gasteiger partial charge in [-0.15, -0.1) is 0 Å². The van der Waals surface area contributed by atoms with E-state index in [1.807, 2.05) is 0 Å². The highest BCUT2D eigenvalue weighted by atomic mass is 35.5. The van der Waals surface area contributed by atoms with Crippen molar-refractivity contribution in [3.63, 3.8) is 0 Å². The molecule has 0 radical (unpaired) electrons. The highest BCUT2D eigenvalue weighted by molar-refractivity contribution is 6.31. The van der Waals surface area contributed by atoms with Gasteiger partial charge >= 0.3 is 12.0 Å². The van der Waals surface area contributed by atoms with Crippen LogP contribution < -0.4 is 5.32 Å². The lowest BCUT2D eigenvalue weighted by atomic mass is 10.2. The molecule has 0 amide bonds. The van der Waals surface area contributed by atoms with Crippen LogP contribution in [-0.4, -0.2) is 0 Å². The van der Waals surface area contributed by atoms with Crippen molar-refractivity contribution in [2.45, 2.75) is 6.04 Å². The van der Waals surface area contributed by atoms with E-state index in [4.69, 9.17) is 21.3 Å². The van der Waals surface area contributed by atoms with E-state index in [1.54, 1.807) is 18.2 Å². The highest BCUT2D eigenvalue weighted by Crippen LogP contribution is 2.23. The summed E-state index contributed by atoms with van der Waals surface area (Å²) in [7, 11) is 0. The van der Waals surface area contributed by atoms with Gasteiger partial charge in [-0.05, 0) is 24.3 Å². The first-order valence-electron chi connectivity index (χ1n) is 5.18. The van der Waals surface area contributed by atoms with Crippen molar-refractivity contribution in [2.24, 2.45) is 0 Å². The Balaban J connectivity index is 2.21. The molecule has 1 heterocycles. The Morgan fingerprint density at radius 2 is 2.17 bits per heavy atom. The first-order valence-corrected chi connectivity index (χ1v) is 5.56. The molecule has 2 aromatic rings. The topological polar surface area (TPSA) is 47.1 Å². The number of rotatable bonds is 3. The molecule has 0 spiro atoms. The summed E-state index contributed by atoms with van der Waals surface area (Å²) in [6.45, 7) is 0. The van der Waals surface area contributed by atoms with Crippen molar-refractivity contribution in [2.75, 3.05) is 5.32 Å². The fourth-order valence-electron chi connectivity index (χ4n) is 1.44. The Labute approximate surface area is 108 Å². The van der Waals surface area contributed by atoms with Gasteiger partial charge in [-0.1, -0.05) is 11.6 Å². The lowest BCUT2D eigenvalue weighted by molar-refractivity contribution is 0.487. The van der Waals surface area contributed by atoms with Crippen LogP contribution in [0.25, 0.3) is 0 Å². The standard InChI is InChI=1S/C13H9ClFN2O/c14-10-7-9(4-5-11(10)15)17-12(8-16)13-3-1-2-6-18-13/h1-7,12,17H/q+1. The van der Waals surface area contributed by atoms with Crippen LogP contribution in [0.3, 0.4) is 0 Å². The van der Waals surface area contributed by atoms with E-state index in [0.717, 1.165) is 0 Å². The van der Waals surface area contributed by atoms with E-state index in [2.05, 4.69) is 11.4 Å². The molecule has 1 N–H and O–H groups in total. The second-order valence-corrected chi connectivity index (χ2v) is 3.95. The molecule has 90 valence electrons. The van der Waals surface area contributed by atoms with Gasteiger partial charge < -0.3 is 5.32 Å². The number of benzene rings is 1. The van der Waals surface area contributed by atoms with Crippen LogP contribution in [0.4, 0.5) is 10.1 Å². The van der Waals surface area contributed by atoms with Gasteiger partial charge in [-0.2, -0.15) is 5.26 Å². The molecule has 18 heavy (non-hydrogen) atoms. The van der Waals surface area contributed by atoms with Gasteiger partial charge in [0.25, 0.3) is 0 Å². The Bertz CT molecular complexity index is 583. The lowest BCUT2D eigenvalue weighted by Crippen LogP contribution is -2.08. The number of nitrogens with zero attached hydrogens (tertiary/aromatic N) is 1. The molecule has 0 saturated heterocycles. The summed E-state index contributed by atoms with van der Waals surface area (Å²) in [6, 6.07) is 10.7. The minimum Gasteiger partial charge on any atom is -0.359 e. The molecule has 0 bridgehead atoms. The first-order chi connectivity index (χ1) is 8.70. The third-order valence-corrected chi connectivity index (χ3v) is 2.59. The Morgan fingerprint density at radius 3 is 2.78 bits per heavy atom. The summed E-state index contributed by atoms with van der Waals surface area (Å²) in [5.41, 5.74) is 0.548. The van der Waals surface area contributed by atoms with E-state index < -0.39 is 11.9 Å². The van der Waals surface area contributed by atoms with E-state index in [-0.39, 0.29) is 5.02 Å². The summed E-state index contributed by atoms with van der Waals surface area (Å²) in [5.74, 6) is -0.0272. The summed E-state index contributed by atoms with van der Waals surface area (Å²) in [5, 5.41) is 12.0. The van der Waals surface area contributed by atoms with E-state index >= 15 is 0 Å². The number of hydrogen-bond acceptors (Lipinski definition) is 2. The summed E-state index contributed by atoms with van der Waals surface area (Å²) in [4.78, 5) is 0. The third kappa shape index (κ3) is 2.76. The molecule has 1 aromatic heterocycles. The Morgan fingerprint density at radius 1 is 1.33 bits per heavy atom. The van der Waals surface area contributed by atoms with E-state index in [1.165, 1.54) is 24.5 Å². The van der Waals surface area contributed by atoms with Crippen LogP contribution in [0.1, 0.15) is 11.8 Å². The summed E-state index contributed by atoms with van der Waals surface area (Å²) >= 11 is 5.67. The number of nitriles is 1. The second-order valence-electron chi connectivity index (χ2n) is 3.54. The van der Waals surface area contributed by atoms with Gasteiger partial charge in [0.15, 0.2) is 0 Å². The number of nitrogens with one attached hydrogen (secondary N) is 1. The van der Waals surface area contributed by atoms with Gasteiger partial charge in [0.05, 0.1) is 5.02 Å². The monoisotopic (exact) mass is 263 g/mol. The predicted octanol–water partition coefficient (Wildman–Crippen LogP) is 4.03. The normalized spacial score (nSPS) is 11.6. The second kappa shape index (κ2) is 5.48. The average molecular weight is 264 g/mol. The summed E-state index contributed by atoms with van der Waals surface area (Å²) in [6.07, 6.45) is 1.49. The first kappa shape index (κ1) is 12.3. The van der Waals surface area contributed by atoms with Gasteiger partial charge in [0, 0.05) is 17.8 Å². The molecule has 1 aromatic carbocycles. The SMILES string of the molecule is N#CC(Nc1ccc(F)c(Cl)c1)c1cccc[o+]1. The molecule has 5 heteroatoms. The largest absolute Gasteiger partial charge is 0.365 e. The van der Waals surface area contributed by atoms with Gasteiger partial charge in [-0.25, -0.2) is 8.81 Å². The third-order valence-electron chi connectivity index (χ3n) is 2.30. The quantitative estimate of drug-likeness (QED) is 0.851. The molecular formula is C13H9ClFN2O+. The number of anilines is 1.